The normalized spacial score (nSPS) is 15.2. The zero-order chi connectivity index (χ0) is 29.6. The van der Waals surface area contributed by atoms with Crippen molar-refractivity contribution >= 4 is 23.6 Å². The summed E-state index contributed by atoms with van der Waals surface area (Å²) in [6.45, 7) is 4.11. The minimum Gasteiger partial charge on any atom is -0.494 e. The van der Waals surface area contributed by atoms with Crippen molar-refractivity contribution in [2.24, 2.45) is 22.6 Å². The Morgan fingerprint density at radius 2 is 1.77 bits per heavy atom. The molecule has 0 spiro atoms. The minimum absolute atomic E-state index is 0.0105. The number of aliphatic imine (C=N–C) groups is 1. The number of ketones is 1. The van der Waals surface area contributed by atoms with E-state index in [9.17, 15) is 27.2 Å². The Labute approximate surface area is 226 Å². The van der Waals surface area contributed by atoms with Crippen LogP contribution in [0.4, 0.5) is 17.6 Å². The average Bonchev–Trinajstić information content (AvgIpc) is 2.86. The van der Waals surface area contributed by atoms with E-state index in [2.05, 4.69) is 24.2 Å². The smallest absolute Gasteiger partial charge is 0.490 e. The molecule has 220 valence electrons. The number of carbonyl (C=O) groups excluding carboxylic acids is 2. The van der Waals surface area contributed by atoms with Crippen LogP contribution in [0.15, 0.2) is 23.2 Å². The van der Waals surface area contributed by atoms with Crippen LogP contribution in [0.25, 0.3) is 0 Å². The van der Waals surface area contributed by atoms with Gasteiger partial charge in [-0.25, -0.2) is 14.2 Å². The molecule has 39 heavy (non-hydrogen) atoms. The number of aryl methyl sites for hydroxylation is 1. The van der Waals surface area contributed by atoms with Gasteiger partial charge in [0.2, 0.25) is 5.91 Å². The van der Waals surface area contributed by atoms with Gasteiger partial charge in [0.25, 0.3) is 0 Å². The van der Waals surface area contributed by atoms with Gasteiger partial charge in [0.1, 0.15) is 6.04 Å². The van der Waals surface area contributed by atoms with Crippen molar-refractivity contribution in [3.63, 3.8) is 0 Å². The maximum atomic E-state index is 13.6. The van der Waals surface area contributed by atoms with E-state index in [1.54, 1.807) is 12.1 Å². The number of hydrogen-bond acceptors (Lipinski definition) is 5. The molecule has 1 aromatic rings. The average molecular weight is 562 g/mol. The number of amides is 1. The standard InChI is InChI=1S/C25H38FN3O3.C2HF3O2/c1-17(2)9-14-24(31)29-25(27)28-21(15-18-7-5-4-6-8-18)22(30)13-11-19-10-12-20(26)23(16-19)32-3;3-2(4,5)1(6)7/h10,12,16-18,21H,4-9,11,13-15H2,1-3H3,(H3,27,28,29,31);(H,6,7)/t21-;/m1./s1. The number of carboxylic acids is 1. The van der Waals surface area contributed by atoms with Gasteiger partial charge in [-0.15, -0.1) is 0 Å². The summed E-state index contributed by atoms with van der Waals surface area (Å²) in [7, 11) is 1.42. The summed E-state index contributed by atoms with van der Waals surface area (Å²) in [6.07, 6.45) is 3.21. The van der Waals surface area contributed by atoms with Crippen molar-refractivity contribution < 1.29 is 41.8 Å². The van der Waals surface area contributed by atoms with Gasteiger partial charge in [0, 0.05) is 12.8 Å². The molecule has 1 aromatic carbocycles. The number of guanidine groups is 1. The number of rotatable bonds is 11. The molecule has 1 atom stereocenters. The minimum atomic E-state index is -5.08. The summed E-state index contributed by atoms with van der Waals surface area (Å²) in [5, 5.41) is 9.76. The Bertz CT molecular complexity index is 977. The number of halogens is 4. The molecule has 1 fully saturated rings. The number of ether oxygens (including phenoxy) is 1. The van der Waals surface area contributed by atoms with E-state index in [0.29, 0.717) is 31.1 Å². The van der Waals surface area contributed by atoms with E-state index in [1.165, 1.54) is 32.4 Å². The number of Topliss-reactive ketones (excluding diaryl/α,β-unsaturated/α-hetero) is 1. The van der Waals surface area contributed by atoms with E-state index in [0.717, 1.165) is 24.8 Å². The van der Waals surface area contributed by atoms with Crippen LogP contribution < -0.4 is 15.8 Å². The zero-order valence-corrected chi connectivity index (χ0v) is 22.7. The molecule has 0 bridgehead atoms. The lowest BCUT2D eigenvalue weighted by Gasteiger charge is -2.24. The summed E-state index contributed by atoms with van der Waals surface area (Å²) >= 11 is 0. The fourth-order valence-electron chi connectivity index (χ4n) is 4.11. The Hall–Kier alpha value is -3.18. The lowest BCUT2D eigenvalue weighted by atomic mass is 9.83. The molecule has 1 aliphatic carbocycles. The van der Waals surface area contributed by atoms with Gasteiger partial charge in [-0.05, 0) is 48.8 Å². The molecule has 0 unspecified atom stereocenters. The number of nitrogens with two attached hydrogens (primary N) is 1. The SMILES string of the molecule is COc1cc(CCC(=O)[C@@H](CC2CCCCC2)N=C(N)NC(=O)CCC(C)C)ccc1F.O=C(O)C(F)(F)F. The van der Waals surface area contributed by atoms with Crippen LogP contribution in [0.1, 0.15) is 77.2 Å². The number of carboxylic acid groups (broad SMARTS) is 1. The van der Waals surface area contributed by atoms with Crippen LogP contribution in [0.3, 0.4) is 0 Å². The molecule has 1 saturated carbocycles. The highest BCUT2D eigenvalue weighted by atomic mass is 19.4. The summed E-state index contributed by atoms with van der Waals surface area (Å²) in [5.41, 5.74) is 6.82. The van der Waals surface area contributed by atoms with E-state index in [-0.39, 0.29) is 29.8 Å². The fraction of sp³-hybridized carbons (Fsp3) is 0.630. The first-order valence-corrected chi connectivity index (χ1v) is 13.0. The molecular formula is C27H39F4N3O5. The van der Waals surface area contributed by atoms with Crippen LogP contribution in [0.5, 0.6) is 5.75 Å². The summed E-state index contributed by atoms with van der Waals surface area (Å²) in [5.74, 6) is -2.34. The second-order valence-corrected chi connectivity index (χ2v) is 9.99. The predicted octanol–water partition coefficient (Wildman–Crippen LogP) is 5.18. The second-order valence-electron chi connectivity index (χ2n) is 9.99. The van der Waals surface area contributed by atoms with Crippen molar-refractivity contribution in [3.8, 4) is 5.75 Å². The van der Waals surface area contributed by atoms with Crippen molar-refractivity contribution in [1.82, 2.24) is 5.32 Å². The first-order chi connectivity index (χ1) is 18.2. The van der Waals surface area contributed by atoms with Gasteiger partial charge in [-0.2, -0.15) is 13.2 Å². The number of alkyl halides is 3. The van der Waals surface area contributed by atoms with Crippen LogP contribution >= 0.6 is 0 Å². The molecule has 0 saturated heterocycles. The van der Waals surface area contributed by atoms with E-state index in [4.69, 9.17) is 20.4 Å². The monoisotopic (exact) mass is 561 g/mol. The highest BCUT2D eigenvalue weighted by Gasteiger charge is 2.38. The quantitative estimate of drug-likeness (QED) is 0.194. The van der Waals surface area contributed by atoms with Gasteiger partial charge in [-0.1, -0.05) is 52.0 Å². The Balaban J connectivity index is 0.000000956. The molecule has 12 heteroatoms. The molecule has 1 amide bonds. The third-order valence-corrected chi connectivity index (χ3v) is 6.28. The molecule has 1 aliphatic rings. The number of benzene rings is 1. The Morgan fingerprint density at radius 1 is 1.15 bits per heavy atom. The van der Waals surface area contributed by atoms with Gasteiger partial charge in [-0.3, -0.25) is 14.9 Å². The second kappa shape index (κ2) is 16.7. The van der Waals surface area contributed by atoms with Crippen molar-refractivity contribution in [3.05, 3.63) is 29.6 Å². The largest absolute Gasteiger partial charge is 0.494 e. The summed E-state index contributed by atoms with van der Waals surface area (Å²) in [4.78, 5) is 38.5. The van der Waals surface area contributed by atoms with Crippen LogP contribution in [-0.4, -0.2) is 48.1 Å². The van der Waals surface area contributed by atoms with E-state index >= 15 is 0 Å². The van der Waals surface area contributed by atoms with Crippen LogP contribution in [0.2, 0.25) is 0 Å². The van der Waals surface area contributed by atoms with Crippen molar-refractivity contribution in [2.45, 2.75) is 90.3 Å². The lowest BCUT2D eigenvalue weighted by Crippen LogP contribution is -2.39. The van der Waals surface area contributed by atoms with Crippen LogP contribution in [0, 0.1) is 17.7 Å². The first-order valence-electron chi connectivity index (χ1n) is 13.0. The number of nitrogens with zero attached hydrogens (tertiary/aromatic N) is 1. The van der Waals surface area contributed by atoms with Gasteiger partial charge < -0.3 is 15.6 Å². The maximum Gasteiger partial charge on any atom is 0.490 e. The maximum absolute atomic E-state index is 13.6. The first kappa shape index (κ1) is 33.8. The van der Waals surface area contributed by atoms with E-state index in [1.807, 2.05) is 0 Å². The van der Waals surface area contributed by atoms with Gasteiger partial charge in [0.15, 0.2) is 23.3 Å². The topological polar surface area (TPSA) is 131 Å². The van der Waals surface area contributed by atoms with Gasteiger partial charge in [0.05, 0.1) is 7.11 Å². The Morgan fingerprint density at radius 3 is 2.31 bits per heavy atom. The third kappa shape index (κ3) is 14.0. The zero-order valence-electron chi connectivity index (χ0n) is 22.7. The highest BCUT2D eigenvalue weighted by molar-refractivity contribution is 5.97. The van der Waals surface area contributed by atoms with E-state index < -0.39 is 24.0 Å². The third-order valence-electron chi connectivity index (χ3n) is 6.28. The molecule has 0 aliphatic heterocycles. The van der Waals surface area contributed by atoms with Gasteiger partial charge >= 0.3 is 12.1 Å². The summed E-state index contributed by atoms with van der Waals surface area (Å²) in [6, 6.07) is 4.05. The number of aliphatic carboxylic acids is 1. The fourth-order valence-corrected chi connectivity index (χ4v) is 4.11. The number of carbonyl (C=O) groups is 3. The Kier molecular flexibility index (Phi) is 14.5. The predicted molar refractivity (Wildman–Crippen MR) is 139 cm³/mol. The number of nitrogens with one attached hydrogen (secondary N) is 1. The summed E-state index contributed by atoms with van der Waals surface area (Å²) < 4.78 is 50.4. The lowest BCUT2D eigenvalue weighted by molar-refractivity contribution is -0.192. The molecule has 2 rings (SSSR count). The molecule has 4 N–H and O–H groups in total. The number of methoxy groups -OCH3 is 1. The van der Waals surface area contributed by atoms with Crippen molar-refractivity contribution in [1.29, 1.82) is 0 Å². The molecule has 8 nitrogen and oxygen atoms in total. The molecule has 0 heterocycles. The van der Waals surface area contributed by atoms with Crippen LogP contribution in [-0.2, 0) is 20.8 Å². The molecular weight excluding hydrogens is 522 g/mol. The number of hydrogen-bond donors (Lipinski definition) is 3. The highest BCUT2D eigenvalue weighted by Crippen LogP contribution is 2.29. The molecule has 0 radical (unpaired) electrons. The molecule has 0 aromatic heterocycles. The van der Waals surface area contributed by atoms with Crippen molar-refractivity contribution in [2.75, 3.05) is 7.11 Å².